The summed E-state index contributed by atoms with van der Waals surface area (Å²) in [6.07, 6.45) is 6.04. The summed E-state index contributed by atoms with van der Waals surface area (Å²) < 4.78 is 76.1. The van der Waals surface area contributed by atoms with Crippen molar-refractivity contribution in [1.82, 2.24) is 9.55 Å². The first-order valence-electron chi connectivity index (χ1n) is 10.9. The van der Waals surface area contributed by atoms with Gasteiger partial charge < -0.3 is 4.57 Å². The fourth-order valence-electron chi connectivity index (χ4n) is 3.41. The number of hydrogen-bond donors (Lipinski definition) is 0. The lowest BCUT2D eigenvalue weighted by atomic mass is 9.96. The van der Waals surface area contributed by atoms with Gasteiger partial charge in [0.2, 0.25) is 0 Å². The number of alkyl halides is 6. The first-order valence-corrected chi connectivity index (χ1v) is 12.1. The van der Waals surface area contributed by atoms with Crippen molar-refractivity contribution in [2.45, 2.75) is 57.9 Å². The molecule has 2 aliphatic rings. The molecule has 2 aliphatic carbocycles. The van der Waals surface area contributed by atoms with Crippen LogP contribution < -0.4 is 0 Å². The van der Waals surface area contributed by atoms with Crippen LogP contribution in [-0.4, -0.2) is 22.0 Å². The number of thioether (sulfide) groups is 1. The zero-order chi connectivity index (χ0) is 26.2. The highest BCUT2D eigenvalue weighted by Crippen LogP contribution is 2.44. The van der Waals surface area contributed by atoms with Crippen molar-refractivity contribution in [3.05, 3.63) is 64.4 Å². The van der Waals surface area contributed by atoms with Gasteiger partial charge in [-0.25, -0.2) is 4.98 Å². The molecule has 35 heavy (non-hydrogen) atoms. The lowest BCUT2D eigenvalue weighted by Crippen LogP contribution is -2.28. The van der Waals surface area contributed by atoms with Gasteiger partial charge in [0.15, 0.2) is 0 Å². The average Bonchev–Trinajstić information content (AvgIpc) is 3.56. The van der Waals surface area contributed by atoms with E-state index in [9.17, 15) is 31.6 Å². The van der Waals surface area contributed by atoms with Crippen molar-refractivity contribution in [3.8, 4) is 6.07 Å². The van der Waals surface area contributed by atoms with E-state index in [1.165, 1.54) is 0 Å². The van der Waals surface area contributed by atoms with Crippen molar-refractivity contribution in [1.29, 1.82) is 5.26 Å². The maximum atomic E-state index is 13.2. The number of halogens is 6. The van der Waals surface area contributed by atoms with Gasteiger partial charge in [-0.2, -0.15) is 31.6 Å². The van der Waals surface area contributed by atoms with Gasteiger partial charge in [-0.15, -0.1) is 11.8 Å². The highest BCUT2D eigenvalue weighted by atomic mass is 32.2. The number of fused-ring (bicyclic) bond motifs is 1. The molecule has 0 spiro atoms. The highest BCUT2D eigenvalue weighted by Gasteiger charge is 2.43. The van der Waals surface area contributed by atoms with E-state index in [2.05, 4.69) is 11.1 Å². The Morgan fingerprint density at radius 1 is 1.09 bits per heavy atom. The summed E-state index contributed by atoms with van der Waals surface area (Å²) >= 11 is 1.61. The summed E-state index contributed by atoms with van der Waals surface area (Å²) in [4.78, 5) is 5.20. The second-order valence-corrected chi connectivity index (χ2v) is 10.2. The molecule has 10 heteroatoms. The second-order valence-electron chi connectivity index (χ2n) is 9.36. The van der Waals surface area contributed by atoms with Crippen LogP contribution in [0.3, 0.4) is 0 Å². The van der Waals surface area contributed by atoms with E-state index in [1.54, 1.807) is 11.8 Å². The number of hydrogen-bond acceptors (Lipinski definition) is 3. The summed E-state index contributed by atoms with van der Waals surface area (Å²) in [7, 11) is 0. The van der Waals surface area contributed by atoms with Crippen LogP contribution in [0.4, 0.5) is 26.3 Å². The Bertz CT molecular complexity index is 1200. The molecule has 0 saturated heterocycles. The summed E-state index contributed by atoms with van der Waals surface area (Å²) in [5, 5.41) is 10.1. The Morgan fingerprint density at radius 3 is 2.20 bits per heavy atom. The van der Waals surface area contributed by atoms with Gasteiger partial charge in [0.25, 0.3) is 0 Å². The molecule has 2 aromatic rings. The van der Waals surface area contributed by atoms with Crippen LogP contribution in [-0.2, 0) is 6.18 Å². The zero-order valence-electron chi connectivity index (χ0n) is 19.6. The average molecular weight is 514 g/mol. The number of rotatable bonds is 3. The SMILES string of the molecule is CC(C)(C)C(F)(F)F.CSC1=CC=CC(c2c(C#N)c3cc(C(F)(F)F)cnc3n2C2CC2)C=C1. The van der Waals surface area contributed by atoms with E-state index in [1.807, 2.05) is 41.2 Å². The molecule has 0 bridgehead atoms. The highest BCUT2D eigenvalue weighted by molar-refractivity contribution is 8.02. The fourth-order valence-corrected chi connectivity index (χ4v) is 3.84. The molecule has 0 aliphatic heterocycles. The maximum absolute atomic E-state index is 13.2. The zero-order valence-corrected chi connectivity index (χ0v) is 20.4. The van der Waals surface area contributed by atoms with Gasteiger partial charge in [-0.3, -0.25) is 0 Å². The van der Waals surface area contributed by atoms with Crippen LogP contribution in [0.2, 0.25) is 0 Å². The molecule has 188 valence electrons. The molecule has 1 saturated carbocycles. The van der Waals surface area contributed by atoms with Gasteiger partial charge in [-0.05, 0) is 31.2 Å². The third-order valence-electron chi connectivity index (χ3n) is 5.68. The molecule has 2 heterocycles. The Labute approximate surface area is 204 Å². The Hall–Kier alpha value is -2.67. The number of aromatic nitrogens is 2. The van der Waals surface area contributed by atoms with Gasteiger partial charge in [0.05, 0.1) is 16.5 Å². The van der Waals surface area contributed by atoms with Gasteiger partial charge in [-0.1, -0.05) is 45.1 Å². The van der Waals surface area contributed by atoms with Gasteiger partial charge in [0, 0.05) is 34.1 Å². The molecule has 1 atom stereocenters. The number of pyridine rings is 1. The van der Waals surface area contributed by atoms with E-state index in [0.717, 1.165) is 56.5 Å². The largest absolute Gasteiger partial charge is 0.417 e. The van der Waals surface area contributed by atoms with Crippen LogP contribution in [0.15, 0.2) is 47.5 Å². The fraction of sp³-hybridized carbons (Fsp3) is 0.440. The normalized spacial score (nSPS) is 18.5. The molecule has 0 aromatic carbocycles. The van der Waals surface area contributed by atoms with Crippen molar-refractivity contribution < 1.29 is 26.3 Å². The van der Waals surface area contributed by atoms with Crippen molar-refractivity contribution in [2.75, 3.05) is 6.26 Å². The molecule has 2 aromatic heterocycles. The van der Waals surface area contributed by atoms with E-state index in [0.29, 0.717) is 5.65 Å². The molecule has 0 N–H and O–H groups in total. The van der Waals surface area contributed by atoms with Crippen LogP contribution in [0.5, 0.6) is 0 Å². The van der Waals surface area contributed by atoms with E-state index in [4.69, 9.17) is 0 Å². The molecule has 1 unspecified atom stereocenters. The van der Waals surface area contributed by atoms with Crippen molar-refractivity contribution in [2.24, 2.45) is 5.41 Å². The third-order valence-corrected chi connectivity index (χ3v) is 6.42. The van der Waals surface area contributed by atoms with E-state index >= 15 is 0 Å². The monoisotopic (exact) mass is 513 g/mol. The standard InChI is InChI=1S/C20H16F3N3S.C5H9F3/c1-27-15-4-2-3-12(5-8-15)18-17(10-24)16-9-13(20(21,22)23)11-25-19(16)26(18)14-6-7-14;1-4(2,3)5(6,7)8/h2-5,8-9,11-12,14H,6-7H2,1H3;1-3H3. The van der Waals surface area contributed by atoms with Gasteiger partial charge in [0.1, 0.15) is 11.7 Å². The van der Waals surface area contributed by atoms with Crippen molar-refractivity contribution >= 4 is 22.8 Å². The maximum Gasteiger partial charge on any atom is 0.417 e. The minimum Gasteiger partial charge on any atom is -0.324 e. The minimum atomic E-state index is -4.49. The van der Waals surface area contributed by atoms with E-state index < -0.39 is 23.3 Å². The third kappa shape index (κ3) is 5.95. The van der Waals surface area contributed by atoms with Crippen LogP contribution >= 0.6 is 11.8 Å². The molecule has 3 nitrogen and oxygen atoms in total. The summed E-state index contributed by atoms with van der Waals surface area (Å²) in [5.74, 6) is -0.190. The lowest BCUT2D eigenvalue weighted by Gasteiger charge is -2.21. The summed E-state index contributed by atoms with van der Waals surface area (Å²) in [5.41, 5.74) is -0.926. The Morgan fingerprint density at radius 2 is 1.71 bits per heavy atom. The first-order chi connectivity index (χ1) is 16.2. The Balaban J connectivity index is 0.000000371. The quantitative estimate of drug-likeness (QED) is 0.388. The molecule has 1 fully saturated rings. The molecule has 0 amide bonds. The molecule has 4 rings (SSSR count). The van der Waals surface area contributed by atoms with Gasteiger partial charge >= 0.3 is 12.4 Å². The smallest absolute Gasteiger partial charge is 0.324 e. The van der Waals surface area contributed by atoms with Crippen molar-refractivity contribution in [3.63, 3.8) is 0 Å². The number of nitriles is 1. The first kappa shape index (κ1) is 26.9. The lowest BCUT2D eigenvalue weighted by molar-refractivity contribution is -0.204. The number of allylic oxidation sites excluding steroid dienone is 5. The molecular formula is C25H25F6N3S. The summed E-state index contributed by atoms with van der Waals surface area (Å²) in [6, 6.07) is 3.39. The molecular weight excluding hydrogens is 488 g/mol. The second kappa shape index (κ2) is 9.76. The number of nitrogens with zero attached hydrogens (tertiary/aromatic N) is 3. The van der Waals surface area contributed by atoms with Crippen LogP contribution in [0.25, 0.3) is 11.0 Å². The van der Waals surface area contributed by atoms with E-state index in [-0.39, 0.29) is 22.9 Å². The topological polar surface area (TPSA) is 41.6 Å². The predicted octanol–water partition coefficient (Wildman–Crippen LogP) is 8.31. The minimum absolute atomic E-state index is 0.187. The predicted molar refractivity (Wildman–Crippen MR) is 126 cm³/mol. The van der Waals surface area contributed by atoms with Crippen LogP contribution in [0, 0.1) is 16.7 Å². The summed E-state index contributed by atoms with van der Waals surface area (Å²) in [6.45, 7) is 3.44. The van der Waals surface area contributed by atoms with Crippen LogP contribution in [0.1, 0.15) is 62.4 Å². The Kier molecular flexibility index (Phi) is 7.51. The molecule has 0 radical (unpaired) electrons.